The number of aliphatic hydroxyl groups excluding tert-OH is 1. The average molecular weight is 688 g/mol. The number of pyridine rings is 1. The van der Waals surface area contributed by atoms with Crippen LogP contribution in [0.4, 0.5) is 14.5 Å². The van der Waals surface area contributed by atoms with E-state index in [4.69, 9.17) is 4.42 Å². The number of nitrogens with zero attached hydrogens (tertiary/aromatic N) is 4. The molecule has 0 bridgehead atoms. The second-order valence-electron chi connectivity index (χ2n) is 11.5. The Balaban J connectivity index is 1.62. The first kappa shape index (κ1) is 33.4. The topological polar surface area (TPSA) is 148 Å². The number of furan rings is 1. The Kier molecular flexibility index (Phi) is 8.77. The van der Waals surface area contributed by atoms with Crippen LogP contribution >= 0.6 is 0 Å². The van der Waals surface area contributed by atoms with E-state index in [2.05, 4.69) is 15.3 Å². The van der Waals surface area contributed by atoms with Gasteiger partial charge < -0.3 is 14.8 Å². The van der Waals surface area contributed by atoms with Gasteiger partial charge in [-0.1, -0.05) is 12.1 Å². The highest BCUT2D eigenvalue weighted by molar-refractivity contribution is 7.92. The number of hydrogen-bond acceptors (Lipinski definition) is 8. The van der Waals surface area contributed by atoms with Crippen molar-refractivity contribution >= 4 is 43.6 Å². The monoisotopic (exact) mass is 687 g/mol. The number of sulfonamides is 1. The zero-order chi connectivity index (χ0) is 35.2. The van der Waals surface area contributed by atoms with Crippen molar-refractivity contribution < 1.29 is 31.5 Å². The average Bonchev–Trinajstić information content (AvgIpc) is 3.45. The van der Waals surface area contributed by atoms with Crippen LogP contribution in [0.5, 0.6) is 0 Å². The number of aromatic nitrogens is 3. The summed E-state index contributed by atoms with van der Waals surface area (Å²) in [6.07, 6.45) is 1.16. The standard InChI is InChI=1S/C35H31F2N5O6S/c1-19-39-27-14-13-26(40-32(27)35(45)42(19)28(15-16-43)20-5-9-22(36)10-6-20)24-17-25-30(18-29(24)41(3)49(4,46)47)48-33(31(25)34(44)38-2)21-7-11-23(37)12-8-21/h5-14,17-18,28,43H,15-16H2,1-4H3,(H,38,44)/t28-/m0/s1. The van der Waals surface area contributed by atoms with Crippen LogP contribution in [0.2, 0.25) is 0 Å². The zero-order valence-electron chi connectivity index (χ0n) is 26.9. The predicted octanol–water partition coefficient (Wildman–Crippen LogP) is 5.19. The summed E-state index contributed by atoms with van der Waals surface area (Å²) >= 11 is 0. The van der Waals surface area contributed by atoms with E-state index < -0.39 is 39.2 Å². The third-order valence-corrected chi connectivity index (χ3v) is 9.57. The van der Waals surface area contributed by atoms with E-state index in [-0.39, 0.29) is 57.9 Å². The maximum Gasteiger partial charge on any atom is 0.280 e. The van der Waals surface area contributed by atoms with Crippen molar-refractivity contribution in [2.75, 3.05) is 31.3 Å². The van der Waals surface area contributed by atoms with Gasteiger partial charge in [0.1, 0.15) is 28.8 Å². The molecule has 0 saturated heterocycles. The van der Waals surface area contributed by atoms with E-state index in [1.807, 2.05) is 0 Å². The summed E-state index contributed by atoms with van der Waals surface area (Å²) < 4.78 is 61.7. The Morgan fingerprint density at radius 2 is 1.67 bits per heavy atom. The van der Waals surface area contributed by atoms with Crippen LogP contribution in [0.15, 0.2) is 82.0 Å². The molecule has 0 aliphatic heterocycles. The van der Waals surface area contributed by atoms with E-state index in [0.717, 1.165) is 10.6 Å². The number of amides is 1. The zero-order valence-corrected chi connectivity index (χ0v) is 27.7. The molecule has 14 heteroatoms. The highest BCUT2D eigenvalue weighted by atomic mass is 32.2. The lowest BCUT2D eigenvalue weighted by molar-refractivity contribution is 0.0964. The molecule has 3 aromatic carbocycles. The third-order valence-electron chi connectivity index (χ3n) is 8.37. The minimum atomic E-state index is -3.84. The number of nitrogens with one attached hydrogen (secondary N) is 1. The maximum atomic E-state index is 14.2. The van der Waals surface area contributed by atoms with Crippen molar-refractivity contribution in [2.45, 2.75) is 19.4 Å². The maximum absolute atomic E-state index is 14.2. The molecule has 0 unspecified atom stereocenters. The quantitative estimate of drug-likeness (QED) is 0.211. The van der Waals surface area contributed by atoms with Gasteiger partial charge in [0.2, 0.25) is 10.0 Å². The lowest BCUT2D eigenvalue weighted by Crippen LogP contribution is -2.30. The number of rotatable bonds is 9. The Morgan fingerprint density at radius 1 is 1.02 bits per heavy atom. The van der Waals surface area contributed by atoms with Gasteiger partial charge in [0.05, 0.1) is 34.8 Å². The molecule has 6 aromatic rings. The highest BCUT2D eigenvalue weighted by Gasteiger charge is 2.27. The fourth-order valence-corrected chi connectivity index (χ4v) is 6.40. The molecule has 0 saturated carbocycles. The van der Waals surface area contributed by atoms with Crippen LogP contribution in [0.3, 0.4) is 0 Å². The van der Waals surface area contributed by atoms with Gasteiger partial charge >= 0.3 is 0 Å². The molecule has 0 aliphatic carbocycles. The van der Waals surface area contributed by atoms with E-state index in [1.165, 1.54) is 73.3 Å². The van der Waals surface area contributed by atoms with Crippen molar-refractivity contribution in [1.82, 2.24) is 19.9 Å². The summed E-state index contributed by atoms with van der Waals surface area (Å²) in [5.41, 5.74) is 1.62. The number of aryl methyl sites for hydroxylation is 1. The SMILES string of the molecule is CNC(=O)c1c(-c2ccc(F)cc2)oc2cc(N(C)S(C)(=O)=O)c(-c3ccc4nc(C)n([C@@H](CCO)c5ccc(F)cc5)c(=O)c4n3)cc12. The Labute approximate surface area is 279 Å². The smallest absolute Gasteiger partial charge is 0.280 e. The van der Waals surface area contributed by atoms with Crippen molar-refractivity contribution in [1.29, 1.82) is 0 Å². The normalized spacial score (nSPS) is 12.4. The number of aliphatic hydroxyl groups is 1. The Morgan fingerprint density at radius 3 is 2.29 bits per heavy atom. The van der Waals surface area contributed by atoms with Gasteiger partial charge in [0, 0.05) is 43.3 Å². The van der Waals surface area contributed by atoms with Crippen LogP contribution < -0.4 is 15.2 Å². The minimum absolute atomic E-state index is 0.0353. The molecule has 11 nitrogen and oxygen atoms in total. The third kappa shape index (κ3) is 6.16. The highest BCUT2D eigenvalue weighted by Crippen LogP contribution is 2.41. The van der Waals surface area contributed by atoms with E-state index >= 15 is 0 Å². The van der Waals surface area contributed by atoms with Gasteiger partial charge in [0.25, 0.3) is 11.5 Å². The van der Waals surface area contributed by atoms with E-state index in [1.54, 1.807) is 25.1 Å². The molecule has 0 fully saturated rings. The fraction of sp³-hybridized carbons (Fsp3) is 0.200. The van der Waals surface area contributed by atoms with Crippen LogP contribution in [-0.2, 0) is 10.0 Å². The second-order valence-corrected chi connectivity index (χ2v) is 13.5. The van der Waals surface area contributed by atoms with Gasteiger partial charge in [-0.2, -0.15) is 0 Å². The molecule has 0 spiro atoms. The molecule has 3 aromatic heterocycles. The van der Waals surface area contributed by atoms with Crippen molar-refractivity contribution in [3.8, 4) is 22.6 Å². The molecule has 1 atom stereocenters. The number of benzene rings is 3. The van der Waals surface area contributed by atoms with Crippen molar-refractivity contribution in [3.05, 3.63) is 112 Å². The number of fused-ring (bicyclic) bond motifs is 2. The number of carbonyl (C=O) groups excluding carboxylic acids is 1. The lowest BCUT2D eigenvalue weighted by atomic mass is 10.0. The number of hydrogen-bond donors (Lipinski definition) is 2. The molecular formula is C35H31F2N5O6S. The van der Waals surface area contributed by atoms with Gasteiger partial charge in [0.15, 0.2) is 5.52 Å². The predicted molar refractivity (Wildman–Crippen MR) is 182 cm³/mol. The Bertz CT molecular complexity index is 2410. The molecule has 252 valence electrons. The molecule has 1 amide bonds. The largest absolute Gasteiger partial charge is 0.455 e. The summed E-state index contributed by atoms with van der Waals surface area (Å²) in [6, 6.07) is 16.5. The second kappa shape index (κ2) is 12.9. The summed E-state index contributed by atoms with van der Waals surface area (Å²) in [4.78, 5) is 36.7. The molecule has 6 rings (SSSR count). The number of halogens is 2. The van der Waals surface area contributed by atoms with Crippen LogP contribution in [0, 0.1) is 18.6 Å². The summed E-state index contributed by atoms with van der Waals surface area (Å²) in [5.74, 6) is -0.947. The fourth-order valence-electron chi connectivity index (χ4n) is 5.89. The van der Waals surface area contributed by atoms with Crippen LogP contribution in [-0.4, -0.2) is 60.9 Å². The summed E-state index contributed by atoms with van der Waals surface area (Å²) in [7, 11) is -1.04. The lowest BCUT2D eigenvalue weighted by Gasteiger charge is -2.22. The molecule has 2 N–H and O–H groups in total. The molecular weight excluding hydrogens is 656 g/mol. The Hall–Kier alpha value is -5.47. The minimum Gasteiger partial charge on any atom is -0.455 e. The van der Waals surface area contributed by atoms with Crippen LogP contribution in [0.25, 0.3) is 44.6 Å². The van der Waals surface area contributed by atoms with E-state index in [0.29, 0.717) is 22.3 Å². The first-order chi connectivity index (χ1) is 23.3. The van der Waals surface area contributed by atoms with Gasteiger partial charge in [-0.05, 0) is 73.5 Å². The molecule has 0 aliphatic rings. The van der Waals surface area contributed by atoms with E-state index in [9.17, 15) is 31.9 Å². The first-order valence-electron chi connectivity index (χ1n) is 15.1. The molecule has 49 heavy (non-hydrogen) atoms. The summed E-state index contributed by atoms with van der Waals surface area (Å²) in [6.45, 7) is 1.38. The first-order valence-corrected chi connectivity index (χ1v) is 17.0. The molecule has 3 heterocycles. The van der Waals surface area contributed by atoms with Crippen LogP contribution in [0.1, 0.15) is 34.2 Å². The van der Waals surface area contributed by atoms with Gasteiger partial charge in [-0.25, -0.2) is 27.2 Å². The van der Waals surface area contributed by atoms with Gasteiger partial charge in [-0.3, -0.25) is 18.5 Å². The number of anilines is 1. The summed E-state index contributed by atoms with van der Waals surface area (Å²) in [5, 5.41) is 12.8. The van der Waals surface area contributed by atoms with Crippen molar-refractivity contribution in [2.24, 2.45) is 0 Å². The number of carbonyl (C=O) groups is 1. The van der Waals surface area contributed by atoms with Gasteiger partial charge in [-0.15, -0.1) is 0 Å². The van der Waals surface area contributed by atoms with Crippen molar-refractivity contribution in [3.63, 3.8) is 0 Å². The molecule has 0 radical (unpaired) electrons.